The average Bonchev–Trinajstić information content (AvgIpc) is 4.25. The lowest BCUT2D eigenvalue weighted by molar-refractivity contribution is -0.156. The minimum atomic E-state index is -5.08. The van der Waals surface area contributed by atoms with Crippen molar-refractivity contribution in [1.82, 2.24) is 39.4 Å². The minimum absolute atomic E-state index is 0.108. The number of nitrogens with one attached hydrogen (secondary N) is 2. The molecule has 1 unspecified atom stereocenters. The van der Waals surface area contributed by atoms with Gasteiger partial charge in [0.15, 0.2) is 0 Å². The Bertz CT molecular complexity index is 3210. The topological polar surface area (TPSA) is 242 Å². The maximum absolute atomic E-state index is 15.0. The molecule has 0 bridgehead atoms. The number of carbonyl (C=O) groups is 6. The number of hydrogen-bond donors (Lipinski definition) is 4. The van der Waals surface area contributed by atoms with Crippen LogP contribution in [0, 0.1) is 17.3 Å². The number of aromatic nitrogens is 2. The molecule has 0 aliphatic carbocycles. The molecule has 20 nitrogen and oxygen atoms in total. The summed E-state index contributed by atoms with van der Waals surface area (Å²) < 4.78 is 42.3. The molecular formula is C53H62FN8O12PS. The Balaban J connectivity index is 0.808. The first-order valence-corrected chi connectivity index (χ1v) is 28.1. The number of thiophene rings is 1. The molecule has 4 N–H and O–H groups in total. The van der Waals surface area contributed by atoms with Crippen LogP contribution in [0.15, 0.2) is 77.6 Å². The van der Waals surface area contributed by atoms with Crippen LogP contribution in [0.25, 0.3) is 21.1 Å². The van der Waals surface area contributed by atoms with Gasteiger partial charge in [0.05, 0.1) is 35.2 Å². The lowest BCUT2D eigenvalue weighted by atomic mass is 9.85. The summed E-state index contributed by atoms with van der Waals surface area (Å²) in [6, 6.07) is 17.8. The van der Waals surface area contributed by atoms with Gasteiger partial charge in [0.1, 0.15) is 30.8 Å². The van der Waals surface area contributed by atoms with Crippen LogP contribution in [-0.4, -0.2) is 151 Å². The highest BCUT2D eigenvalue weighted by molar-refractivity contribution is 7.51. The zero-order chi connectivity index (χ0) is 54.0. The molecule has 3 aromatic carbocycles. The van der Waals surface area contributed by atoms with Crippen molar-refractivity contribution in [3.05, 3.63) is 105 Å². The van der Waals surface area contributed by atoms with Crippen LogP contribution < -0.4 is 16.3 Å². The van der Waals surface area contributed by atoms with Crippen LogP contribution in [0.5, 0.6) is 0 Å². The first-order chi connectivity index (χ1) is 36.1. The number of likely N-dealkylation sites (tertiary alicyclic amines) is 3. The molecule has 6 amide bonds. The van der Waals surface area contributed by atoms with E-state index in [-0.39, 0.29) is 97.8 Å². The maximum atomic E-state index is 15.0. The van der Waals surface area contributed by atoms with Crippen LogP contribution in [-0.2, 0) is 51.6 Å². The van der Waals surface area contributed by atoms with Crippen molar-refractivity contribution in [3.8, 4) is 0 Å². The fraction of sp³-hybridized carbons (Fsp3) is 0.491. The van der Waals surface area contributed by atoms with Gasteiger partial charge in [-0.05, 0) is 82.5 Å². The summed E-state index contributed by atoms with van der Waals surface area (Å²) >= 11 is 1.07. The fourth-order valence-corrected chi connectivity index (χ4v) is 13.1. The largest absolute Gasteiger partial charge is 0.370 e. The van der Waals surface area contributed by atoms with Crippen molar-refractivity contribution in [1.29, 1.82) is 0 Å². The van der Waals surface area contributed by atoms with Gasteiger partial charge in [0.25, 0.3) is 5.91 Å². The second-order valence-electron chi connectivity index (χ2n) is 21.8. The predicted octanol–water partition coefficient (Wildman–Crippen LogP) is 4.00. The molecule has 5 fully saturated rings. The molecule has 0 radical (unpaired) electrons. The van der Waals surface area contributed by atoms with Gasteiger partial charge in [-0.1, -0.05) is 63.2 Å². The summed E-state index contributed by atoms with van der Waals surface area (Å²) in [7, 11) is -3.41. The van der Waals surface area contributed by atoms with Gasteiger partial charge in [0.2, 0.25) is 35.4 Å². The van der Waals surface area contributed by atoms with Crippen molar-refractivity contribution >= 4 is 75.5 Å². The minimum Gasteiger partial charge on any atom is -0.370 e. The van der Waals surface area contributed by atoms with Gasteiger partial charge >= 0.3 is 13.3 Å². The van der Waals surface area contributed by atoms with E-state index in [0.717, 1.165) is 35.6 Å². The number of fused-ring (bicyclic) bond motifs is 3. The number of nitrogens with zero attached hydrogens (tertiary/aromatic N) is 6. The zero-order valence-electron chi connectivity index (χ0n) is 42.6. The Morgan fingerprint density at radius 3 is 2.34 bits per heavy atom. The van der Waals surface area contributed by atoms with E-state index in [9.17, 15) is 52.3 Å². The highest BCUT2D eigenvalue weighted by atomic mass is 32.1. The Morgan fingerprint density at radius 2 is 1.64 bits per heavy atom. The van der Waals surface area contributed by atoms with E-state index in [1.54, 1.807) is 37.6 Å². The number of hydrogen-bond acceptors (Lipinski definition) is 12. The molecule has 10 rings (SSSR count). The number of imide groups is 1. The number of carbonyl (C=O) groups excluding carboxylic acids is 6. The van der Waals surface area contributed by atoms with Gasteiger partial charge in [-0.15, -0.1) is 11.3 Å². The second-order valence-corrected chi connectivity index (χ2v) is 24.5. The summed E-state index contributed by atoms with van der Waals surface area (Å²) in [4.78, 5) is 122. The Hall–Kier alpha value is -6.13. The van der Waals surface area contributed by atoms with Crippen molar-refractivity contribution in [2.75, 3.05) is 59.0 Å². The first kappa shape index (κ1) is 53.3. The molecule has 8 atom stereocenters. The summed E-state index contributed by atoms with van der Waals surface area (Å²) in [5.74, 6) is -4.65. The number of benzene rings is 3. The number of ether oxygens (including phenoxy) is 2. The van der Waals surface area contributed by atoms with E-state index >= 15 is 0 Å². The normalized spacial score (nSPS) is 24.3. The van der Waals surface area contributed by atoms with E-state index in [4.69, 9.17) is 9.47 Å². The molecule has 5 aliphatic heterocycles. The molecule has 23 heteroatoms. The summed E-state index contributed by atoms with van der Waals surface area (Å²) in [5.41, 5.74) is 1.77. The number of alkyl halides is 1. The second kappa shape index (κ2) is 21.0. The number of morpholine rings is 1. The van der Waals surface area contributed by atoms with Crippen LogP contribution in [0.3, 0.4) is 0 Å². The monoisotopic (exact) mass is 1080 g/mol. The third-order valence-electron chi connectivity index (χ3n) is 15.6. The molecule has 5 aromatic rings. The standard InChI is InChI=1S/C53H62FN8O12PS/c1-53(2,3)46(56-49(66)42-22-33-21-32(11-14-41(33)76-42)47(54)75(70,71)72)51(68)61-17-16-39(45(61)50(67)59-18-19-73-40(28-59)31-8-6-5-7-9-31)74-29-44(64)60-26-34-24-58(25-35(34)27-60)23-30-10-12-36-38(20-30)57(4)52(69)62(36)37-13-15-43(63)55-48(37)65/h5-12,14,20-22,34-35,37,39-40,45-47H,13,15-19,23-29H2,1-4H3,(H,56,66)(H,55,63,65)(H2,70,71,72)/t34-,35+,37?,39-,40+,45+,46-,47+/m1/s1. The average molecular weight is 1090 g/mol. The number of halogens is 1. The molecule has 0 spiro atoms. The van der Waals surface area contributed by atoms with Crippen molar-refractivity contribution < 1.29 is 57.0 Å². The number of amides is 6. The van der Waals surface area contributed by atoms with Crippen molar-refractivity contribution in [2.24, 2.45) is 24.3 Å². The summed E-state index contributed by atoms with van der Waals surface area (Å²) in [6.45, 7) is 9.08. The van der Waals surface area contributed by atoms with Gasteiger partial charge < -0.3 is 39.3 Å². The smallest absolute Gasteiger partial charge is 0.363 e. The number of rotatable bonds is 13. The van der Waals surface area contributed by atoms with Gasteiger partial charge in [-0.2, -0.15) is 0 Å². The van der Waals surface area contributed by atoms with Gasteiger partial charge in [-0.25, -0.2) is 9.18 Å². The summed E-state index contributed by atoms with van der Waals surface area (Å²) in [6.07, 6.45) is -0.613. The molecule has 5 saturated heterocycles. The number of aryl methyl sites for hydroxylation is 1. The van der Waals surface area contributed by atoms with Gasteiger partial charge in [-0.3, -0.25) is 52.7 Å². The predicted molar refractivity (Wildman–Crippen MR) is 277 cm³/mol. The van der Waals surface area contributed by atoms with Crippen LogP contribution in [0.1, 0.15) is 84.5 Å². The van der Waals surface area contributed by atoms with Crippen LogP contribution in [0.2, 0.25) is 0 Å². The Labute approximate surface area is 441 Å². The van der Waals surface area contributed by atoms with E-state index in [0.29, 0.717) is 40.8 Å². The Morgan fingerprint density at radius 1 is 0.908 bits per heavy atom. The Kier molecular flexibility index (Phi) is 14.7. The van der Waals surface area contributed by atoms with E-state index in [2.05, 4.69) is 15.5 Å². The van der Waals surface area contributed by atoms with Gasteiger partial charge in [0, 0.05) is 64.0 Å². The highest BCUT2D eigenvalue weighted by Crippen LogP contribution is 2.53. The number of piperidine rings is 1. The summed E-state index contributed by atoms with van der Waals surface area (Å²) in [5, 5.41) is 5.64. The molecule has 0 saturated carbocycles. The molecule has 2 aromatic heterocycles. The highest BCUT2D eigenvalue weighted by Gasteiger charge is 2.50. The van der Waals surface area contributed by atoms with Crippen molar-refractivity contribution in [2.45, 2.75) is 82.8 Å². The van der Waals surface area contributed by atoms with E-state index < -0.39 is 67.0 Å². The zero-order valence-corrected chi connectivity index (χ0v) is 44.3. The third kappa shape index (κ3) is 10.6. The molecule has 7 heterocycles. The molecule has 76 heavy (non-hydrogen) atoms. The lowest BCUT2D eigenvalue weighted by Gasteiger charge is -2.39. The molecular weight excluding hydrogens is 1020 g/mol. The first-order valence-electron chi connectivity index (χ1n) is 25.6. The van der Waals surface area contributed by atoms with E-state index in [1.165, 1.54) is 38.3 Å². The van der Waals surface area contributed by atoms with Crippen LogP contribution in [0.4, 0.5) is 4.39 Å². The molecule has 5 aliphatic rings. The fourth-order valence-electron chi connectivity index (χ4n) is 11.6. The molecule has 404 valence electrons. The lowest BCUT2D eigenvalue weighted by Crippen LogP contribution is -2.60. The quantitative estimate of drug-likeness (QED) is 0.0965. The van der Waals surface area contributed by atoms with Crippen molar-refractivity contribution in [3.63, 3.8) is 0 Å². The maximum Gasteiger partial charge on any atom is 0.363 e. The number of imidazole rings is 1. The van der Waals surface area contributed by atoms with Crippen LogP contribution >= 0.6 is 18.9 Å². The van der Waals surface area contributed by atoms with E-state index in [1.807, 2.05) is 48.5 Å². The third-order valence-corrected chi connectivity index (χ3v) is 17.6. The SMILES string of the molecule is Cn1c(=O)n(C2CCC(=O)NC2=O)c2ccc(CN3C[C@@H]4CN(C(=O)CO[C@@H]5CCN(C(=O)[C@@H](NC(=O)c6cc7cc([C@@H](F)P(=O)(O)O)ccc7s6)C(C)(C)C)[C@@H]5C(=O)N5CCO[C@H](c6ccccc6)C5)C[C@@H]4C3)cc21.